The van der Waals surface area contributed by atoms with Gasteiger partial charge in [0, 0.05) is 12.1 Å². The normalized spacial score (nSPS) is 15.7. The second-order valence-corrected chi connectivity index (χ2v) is 6.75. The second kappa shape index (κ2) is 9.32. The van der Waals surface area contributed by atoms with Gasteiger partial charge in [0.1, 0.15) is 0 Å². The third-order valence-electron chi connectivity index (χ3n) is 5.08. The highest BCUT2D eigenvalue weighted by molar-refractivity contribution is 5.97. The van der Waals surface area contributed by atoms with Gasteiger partial charge >= 0.3 is 0 Å². The van der Waals surface area contributed by atoms with Crippen molar-refractivity contribution in [2.75, 3.05) is 34.4 Å². The van der Waals surface area contributed by atoms with Crippen molar-refractivity contribution in [3.8, 4) is 17.2 Å². The molecule has 1 heterocycles. The molecule has 0 aromatic heterocycles. The second-order valence-electron chi connectivity index (χ2n) is 6.75. The predicted molar refractivity (Wildman–Crippen MR) is 109 cm³/mol. The van der Waals surface area contributed by atoms with Crippen molar-refractivity contribution in [2.45, 2.75) is 18.9 Å². The Morgan fingerprint density at radius 2 is 1.69 bits per heavy atom. The lowest BCUT2D eigenvalue weighted by Gasteiger charge is -2.25. The molecule has 1 N–H and O–H groups in total. The number of ether oxygens (including phenoxy) is 3. The largest absolute Gasteiger partial charge is 0.493 e. The quantitative estimate of drug-likeness (QED) is 0.776. The third-order valence-corrected chi connectivity index (χ3v) is 5.08. The molecule has 2 aromatic carbocycles. The van der Waals surface area contributed by atoms with Gasteiger partial charge in [-0.15, -0.1) is 0 Å². The first-order chi connectivity index (χ1) is 14.1. The number of carbonyl (C=O) groups is 2. The Labute approximate surface area is 170 Å². The van der Waals surface area contributed by atoms with E-state index < -0.39 is 0 Å². The van der Waals surface area contributed by atoms with Crippen LogP contribution in [0.1, 0.15) is 34.8 Å². The Morgan fingerprint density at radius 3 is 2.28 bits per heavy atom. The maximum atomic E-state index is 12.8. The van der Waals surface area contributed by atoms with Crippen molar-refractivity contribution in [3.05, 3.63) is 53.6 Å². The van der Waals surface area contributed by atoms with Gasteiger partial charge in [0.25, 0.3) is 5.91 Å². The van der Waals surface area contributed by atoms with E-state index in [-0.39, 0.29) is 24.4 Å². The molecule has 0 spiro atoms. The number of nitrogens with one attached hydrogen (secondary N) is 1. The van der Waals surface area contributed by atoms with Gasteiger partial charge in [-0.2, -0.15) is 0 Å². The molecule has 1 unspecified atom stereocenters. The van der Waals surface area contributed by atoms with Crippen LogP contribution in [0.2, 0.25) is 0 Å². The summed E-state index contributed by atoms with van der Waals surface area (Å²) in [6.07, 6.45) is 1.88. The monoisotopic (exact) mass is 398 g/mol. The van der Waals surface area contributed by atoms with Crippen LogP contribution in [0.15, 0.2) is 42.5 Å². The molecular weight excluding hydrogens is 372 g/mol. The zero-order chi connectivity index (χ0) is 20.8. The number of benzene rings is 2. The number of likely N-dealkylation sites (tertiary alicyclic amines) is 1. The molecule has 154 valence electrons. The zero-order valence-electron chi connectivity index (χ0n) is 16.9. The molecule has 7 heteroatoms. The molecule has 1 atom stereocenters. The number of hydrogen-bond acceptors (Lipinski definition) is 5. The average molecular weight is 398 g/mol. The van der Waals surface area contributed by atoms with Gasteiger partial charge in [-0.3, -0.25) is 9.59 Å². The minimum atomic E-state index is -0.381. The summed E-state index contributed by atoms with van der Waals surface area (Å²) in [5.41, 5.74) is 1.45. The smallest absolute Gasteiger partial charge is 0.251 e. The van der Waals surface area contributed by atoms with Crippen molar-refractivity contribution < 1.29 is 23.8 Å². The Balaban J connectivity index is 1.68. The van der Waals surface area contributed by atoms with E-state index in [2.05, 4.69) is 5.32 Å². The summed E-state index contributed by atoms with van der Waals surface area (Å²) in [7, 11) is 4.47. The van der Waals surface area contributed by atoms with E-state index in [4.69, 9.17) is 14.2 Å². The number of rotatable bonds is 7. The fraction of sp³-hybridized carbons (Fsp3) is 0.364. The average Bonchev–Trinajstić information content (AvgIpc) is 3.26. The summed E-state index contributed by atoms with van der Waals surface area (Å²) >= 11 is 0. The van der Waals surface area contributed by atoms with Crippen molar-refractivity contribution in [3.63, 3.8) is 0 Å². The molecule has 1 aliphatic heterocycles. The topological polar surface area (TPSA) is 77.1 Å². The summed E-state index contributed by atoms with van der Waals surface area (Å²) in [4.78, 5) is 27.2. The predicted octanol–water partition coefficient (Wildman–Crippen LogP) is 2.81. The SMILES string of the molecule is COc1cc(C(=O)NCC(=O)N2CCCC2c2ccccc2)cc(OC)c1OC. The van der Waals surface area contributed by atoms with E-state index in [1.807, 2.05) is 35.2 Å². The molecule has 1 aliphatic rings. The molecule has 3 rings (SSSR count). The van der Waals surface area contributed by atoms with Gasteiger partial charge < -0.3 is 24.4 Å². The highest BCUT2D eigenvalue weighted by Gasteiger charge is 2.29. The molecule has 7 nitrogen and oxygen atoms in total. The van der Waals surface area contributed by atoms with E-state index in [1.54, 1.807) is 12.1 Å². The number of hydrogen-bond donors (Lipinski definition) is 1. The van der Waals surface area contributed by atoms with Crippen LogP contribution in [0.3, 0.4) is 0 Å². The van der Waals surface area contributed by atoms with Gasteiger partial charge in [0.15, 0.2) is 11.5 Å². The van der Waals surface area contributed by atoms with Gasteiger partial charge in [0.2, 0.25) is 11.7 Å². The van der Waals surface area contributed by atoms with E-state index in [1.165, 1.54) is 21.3 Å². The van der Waals surface area contributed by atoms with Crippen molar-refractivity contribution >= 4 is 11.8 Å². The lowest BCUT2D eigenvalue weighted by atomic mass is 10.0. The molecular formula is C22H26N2O5. The minimum absolute atomic E-state index is 0.0572. The van der Waals surface area contributed by atoms with Crippen LogP contribution in [0.25, 0.3) is 0 Å². The molecule has 1 fully saturated rings. The molecule has 2 amide bonds. The van der Waals surface area contributed by atoms with Gasteiger partial charge in [0.05, 0.1) is 33.9 Å². The lowest BCUT2D eigenvalue weighted by molar-refractivity contribution is -0.131. The first kappa shape index (κ1) is 20.5. The number of methoxy groups -OCH3 is 3. The summed E-state index contributed by atoms with van der Waals surface area (Å²) in [6, 6.07) is 13.2. The van der Waals surface area contributed by atoms with E-state index in [0.717, 1.165) is 18.4 Å². The number of amides is 2. The van der Waals surface area contributed by atoms with Crippen LogP contribution in [-0.4, -0.2) is 51.1 Å². The highest BCUT2D eigenvalue weighted by Crippen LogP contribution is 2.38. The summed E-state index contributed by atoms with van der Waals surface area (Å²) in [5.74, 6) is 0.689. The molecule has 0 saturated carbocycles. The van der Waals surface area contributed by atoms with Crippen LogP contribution in [0, 0.1) is 0 Å². The van der Waals surface area contributed by atoms with Gasteiger partial charge in [-0.05, 0) is 30.5 Å². The van der Waals surface area contributed by atoms with Crippen molar-refractivity contribution in [1.82, 2.24) is 10.2 Å². The highest BCUT2D eigenvalue weighted by atomic mass is 16.5. The Morgan fingerprint density at radius 1 is 1.03 bits per heavy atom. The summed E-state index contributed by atoms with van der Waals surface area (Å²) in [5, 5.41) is 2.71. The number of carbonyl (C=O) groups excluding carboxylic acids is 2. The fourth-order valence-electron chi connectivity index (χ4n) is 3.66. The first-order valence-corrected chi connectivity index (χ1v) is 9.51. The maximum absolute atomic E-state index is 12.8. The molecule has 0 radical (unpaired) electrons. The van der Waals surface area contributed by atoms with Crippen molar-refractivity contribution in [1.29, 1.82) is 0 Å². The van der Waals surface area contributed by atoms with Crippen LogP contribution in [0.5, 0.6) is 17.2 Å². The molecule has 29 heavy (non-hydrogen) atoms. The first-order valence-electron chi connectivity index (χ1n) is 9.51. The van der Waals surface area contributed by atoms with Crippen LogP contribution in [-0.2, 0) is 4.79 Å². The van der Waals surface area contributed by atoms with Crippen molar-refractivity contribution in [2.24, 2.45) is 0 Å². The van der Waals surface area contributed by atoms with Crippen LogP contribution >= 0.6 is 0 Å². The van der Waals surface area contributed by atoms with E-state index >= 15 is 0 Å². The lowest BCUT2D eigenvalue weighted by Crippen LogP contribution is -2.39. The van der Waals surface area contributed by atoms with E-state index in [0.29, 0.717) is 29.4 Å². The van der Waals surface area contributed by atoms with Crippen LogP contribution in [0.4, 0.5) is 0 Å². The minimum Gasteiger partial charge on any atom is -0.493 e. The van der Waals surface area contributed by atoms with Crippen LogP contribution < -0.4 is 19.5 Å². The maximum Gasteiger partial charge on any atom is 0.251 e. The number of nitrogens with zero attached hydrogens (tertiary/aromatic N) is 1. The standard InChI is InChI=1S/C22H26N2O5/c1-27-18-12-16(13-19(28-2)21(18)29-3)22(26)23-14-20(25)24-11-7-10-17(24)15-8-5-4-6-9-15/h4-6,8-9,12-13,17H,7,10-11,14H2,1-3H3,(H,23,26). The molecule has 0 bridgehead atoms. The van der Waals surface area contributed by atoms with Gasteiger partial charge in [-0.1, -0.05) is 30.3 Å². The van der Waals surface area contributed by atoms with Gasteiger partial charge in [-0.25, -0.2) is 0 Å². The fourth-order valence-corrected chi connectivity index (χ4v) is 3.66. The Bertz CT molecular complexity index is 844. The molecule has 2 aromatic rings. The molecule has 0 aliphatic carbocycles. The Kier molecular flexibility index (Phi) is 6.59. The Hall–Kier alpha value is -3.22. The summed E-state index contributed by atoms with van der Waals surface area (Å²) < 4.78 is 15.8. The summed E-state index contributed by atoms with van der Waals surface area (Å²) in [6.45, 7) is 0.622. The third kappa shape index (κ3) is 4.45. The molecule has 1 saturated heterocycles. The van der Waals surface area contributed by atoms with E-state index in [9.17, 15) is 9.59 Å². The zero-order valence-corrected chi connectivity index (χ0v) is 16.9.